The Bertz CT molecular complexity index is 519. The number of methoxy groups -OCH3 is 1. The summed E-state index contributed by atoms with van der Waals surface area (Å²) in [6, 6.07) is 6.44. The quantitative estimate of drug-likeness (QED) is 0.628. The highest BCUT2D eigenvalue weighted by Crippen LogP contribution is 2.29. The van der Waals surface area contributed by atoms with Gasteiger partial charge in [-0.1, -0.05) is 52.8 Å². The van der Waals surface area contributed by atoms with E-state index in [2.05, 4.69) is 78.8 Å². The number of hydrogen-bond donors (Lipinski definition) is 0. The van der Waals surface area contributed by atoms with Crippen molar-refractivity contribution < 1.29 is 9.47 Å². The maximum absolute atomic E-state index is 5.76. The maximum atomic E-state index is 5.76. The van der Waals surface area contributed by atoms with E-state index in [1.54, 1.807) is 7.11 Å². The van der Waals surface area contributed by atoms with Gasteiger partial charge in [0, 0.05) is 5.56 Å². The van der Waals surface area contributed by atoms with Crippen LogP contribution in [0.4, 0.5) is 0 Å². The van der Waals surface area contributed by atoms with Crippen LogP contribution in [0.1, 0.15) is 66.0 Å². The van der Waals surface area contributed by atoms with Crippen LogP contribution in [-0.2, 0) is 10.2 Å². The molecule has 0 spiro atoms. The van der Waals surface area contributed by atoms with Crippen molar-refractivity contribution in [2.75, 3.05) is 13.7 Å². The van der Waals surface area contributed by atoms with Crippen LogP contribution < -0.4 is 4.74 Å². The van der Waals surface area contributed by atoms with Gasteiger partial charge in [0.1, 0.15) is 5.75 Å². The Balaban J connectivity index is 2.86. The lowest BCUT2D eigenvalue weighted by Crippen LogP contribution is -2.21. The monoisotopic (exact) mass is 318 g/mol. The van der Waals surface area contributed by atoms with Crippen molar-refractivity contribution in [3.05, 3.63) is 35.4 Å². The summed E-state index contributed by atoms with van der Waals surface area (Å²) < 4.78 is 11.3. The fourth-order valence-corrected chi connectivity index (χ4v) is 2.29. The highest BCUT2D eigenvalue weighted by atomic mass is 16.5. The zero-order valence-electron chi connectivity index (χ0n) is 16.2. The van der Waals surface area contributed by atoms with Crippen LogP contribution >= 0.6 is 0 Å². The molecule has 0 N–H and O–H groups in total. The first-order valence-corrected chi connectivity index (χ1v) is 8.52. The van der Waals surface area contributed by atoms with Crippen LogP contribution in [0.3, 0.4) is 0 Å². The summed E-state index contributed by atoms with van der Waals surface area (Å²) >= 11 is 0. The second kappa shape index (κ2) is 8.01. The molecule has 0 bridgehead atoms. The molecule has 0 saturated heterocycles. The second-order valence-corrected chi connectivity index (χ2v) is 8.34. The molecular formula is C21H34O2. The predicted octanol–water partition coefficient (Wildman–Crippen LogP) is 5.85. The molecule has 0 amide bonds. The normalized spacial score (nSPS) is 13.1. The third kappa shape index (κ3) is 6.78. The molecule has 2 heteroatoms. The van der Waals surface area contributed by atoms with Crippen LogP contribution in [0.5, 0.6) is 5.75 Å². The van der Waals surface area contributed by atoms with Gasteiger partial charge in [-0.3, -0.25) is 0 Å². The van der Waals surface area contributed by atoms with Crippen LogP contribution in [0.2, 0.25) is 0 Å². The van der Waals surface area contributed by atoms with Crippen molar-refractivity contribution in [3.63, 3.8) is 0 Å². The summed E-state index contributed by atoms with van der Waals surface area (Å²) in [5.74, 6) is 0.922. The molecule has 2 nitrogen and oxygen atoms in total. The van der Waals surface area contributed by atoms with Gasteiger partial charge in [-0.15, -0.1) is 0 Å². The first-order valence-electron chi connectivity index (χ1n) is 8.52. The van der Waals surface area contributed by atoms with E-state index in [1.807, 2.05) is 0 Å². The van der Waals surface area contributed by atoms with Crippen molar-refractivity contribution in [3.8, 4) is 5.75 Å². The van der Waals surface area contributed by atoms with E-state index in [1.165, 1.54) is 5.56 Å². The van der Waals surface area contributed by atoms with E-state index in [4.69, 9.17) is 9.47 Å². The van der Waals surface area contributed by atoms with Gasteiger partial charge in [0.25, 0.3) is 0 Å². The third-order valence-electron chi connectivity index (χ3n) is 3.87. The standard InChI is InChI=1S/C21H34O2/c1-16(2)23-15-21(6,7)13-9-10-17-14-18(20(3,4)5)11-12-19(17)22-8/h9-12,14,16H,13,15H2,1-8H3/b10-9+. The molecule has 23 heavy (non-hydrogen) atoms. The van der Waals surface area contributed by atoms with Gasteiger partial charge in [0.05, 0.1) is 19.8 Å². The van der Waals surface area contributed by atoms with E-state index >= 15 is 0 Å². The van der Waals surface area contributed by atoms with Crippen molar-refractivity contribution >= 4 is 6.08 Å². The molecule has 0 unspecified atom stereocenters. The maximum Gasteiger partial charge on any atom is 0.126 e. The van der Waals surface area contributed by atoms with Crippen molar-refractivity contribution in [1.29, 1.82) is 0 Å². The molecular weight excluding hydrogens is 284 g/mol. The minimum atomic E-state index is 0.135. The first-order chi connectivity index (χ1) is 10.5. The predicted molar refractivity (Wildman–Crippen MR) is 100 cm³/mol. The molecule has 0 heterocycles. The van der Waals surface area contributed by atoms with E-state index in [0.29, 0.717) is 0 Å². The lowest BCUT2D eigenvalue weighted by atomic mass is 9.85. The van der Waals surface area contributed by atoms with Crippen LogP contribution in [0.15, 0.2) is 24.3 Å². The largest absolute Gasteiger partial charge is 0.496 e. The summed E-state index contributed by atoms with van der Waals surface area (Å²) in [6.45, 7) is 16.1. The molecule has 0 atom stereocenters. The summed E-state index contributed by atoms with van der Waals surface area (Å²) in [6.07, 6.45) is 5.66. The average molecular weight is 319 g/mol. The molecule has 0 aliphatic carbocycles. The number of benzene rings is 1. The molecule has 0 saturated carbocycles. The molecule has 0 aliphatic rings. The molecule has 1 rings (SSSR count). The van der Waals surface area contributed by atoms with Gasteiger partial charge in [-0.25, -0.2) is 0 Å². The highest BCUT2D eigenvalue weighted by Gasteiger charge is 2.18. The van der Waals surface area contributed by atoms with Gasteiger partial charge < -0.3 is 9.47 Å². The number of rotatable bonds is 7. The Morgan fingerprint density at radius 2 is 1.74 bits per heavy atom. The topological polar surface area (TPSA) is 18.5 Å². The van der Waals surface area contributed by atoms with E-state index in [9.17, 15) is 0 Å². The summed E-state index contributed by atoms with van der Waals surface area (Å²) in [5.41, 5.74) is 2.73. The molecule has 1 aromatic carbocycles. The third-order valence-corrected chi connectivity index (χ3v) is 3.87. The Hall–Kier alpha value is -1.28. The summed E-state index contributed by atoms with van der Waals surface area (Å²) in [4.78, 5) is 0. The van der Waals surface area contributed by atoms with Crippen LogP contribution in [0.25, 0.3) is 6.08 Å². The van der Waals surface area contributed by atoms with Crippen molar-refractivity contribution in [2.45, 2.75) is 66.4 Å². The highest BCUT2D eigenvalue weighted by molar-refractivity contribution is 5.59. The zero-order chi connectivity index (χ0) is 17.7. The van der Waals surface area contributed by atoms with Crippen molar-refractivity contribution in [2.24, 2.45) is 5.41 Å². The summed E-state index contributed by atoms with van der Waals surface area (Å²) in [5, 5.41) is 0. The lowest BCUT2D eigenvalue weighted by molar-refractivity contribution is 0.0227. The van der Waals surface area contributed by atoms with Gasteiger partial charge in [0.15, 0.2) is 0 Å². The van der Waals surface area contributed by atoms with Gasteiger partial charge in [-0.2, -0.15) is 0 Å². The molecule has 1 aromatic rings. The Labute approximate surface area is 142 Å². The second-order valence-electron chi connectivity index (χ2n) is 8.34. The van der Waals surface area contributed by atoms with Gasteiger partial charge in [-0.05, 0) is 48.8 Å². The minimum absolute atomic E-state index is 0.135. The Morgan fingerprint density at radius 3 is 2.26 bits per heavy atom. The molecule has 0 aliphatic heterocycles. The number of allylic oxidation sites excluding steroid dienone is 1. The van der Waals surface area contributed by atoms with Gasteiger partial charge in [0.2, 0.25) is 0 Å². The summed E-state index contributed by atoms with van der Waals surface area (Å²) in [7, 11) is 1.73. The fourth-order valence-electron chi connectivity index (χ4n) is 2.29. The number of hydrogen-bond acceptors (Lipinski definition) is 2. The van der Waals surface area contributed by atoms with Crippen LogP contribution in [0, 0.1) is 5.41 Å². The van der Waals surface area contributed by atoms with E-state index < -0.39 is 0 Å². The molecule has 0 aromatic heterocycles. The minimum Gasteiger partial charge on any atom is -0.496 e. The SMILES string of the molecule is COc1ccc(C(C)(C)C)cc1/C=C/CC(C)(C)COC(C)C. The molecule has 130 valence electrons. The first kappa shape index (κ1) is 19.8. The average Bonchev–Trinajstić information content (AvgIpc) is 2.44. The zero-order valence-corrected chi connectivity index (χ0v) is 16.2. The van der Waals surface area contributed by atoms with Gasteiger partial charge >= 0.3 is 0 Å². The smallest absolute Gasteiger partial charge is 0.126 e. The Kier molecular flexibility index (Phi) is 6.88. The van der Waals surface area contributed by atoms with E-state index in [0.717, 1.165) is 24.3 Å². The lowest BCUT2D eigenvalue weighted by Gasteiger charge is -2.24. The molecule has 0 fully saturated rings. The molecule has 0 radical (unpaired) electrons. The number of ether oxygens (including phenoxy) is 2. The van der Waals surface area contributed by atoms with Crippen molar-refractivity contribution in [1.82, 2.24) is 0 Å². The van der Waals surface area contributed by atoms with Crippen LogP contribution in [-0.4, -0.2) is 19.8 Å². The van der Waals surface area contributed by atoms with E-state index in [-0.39, 0.29) is 16.9 Å². The Morgan fingerprint density at radius 1 is 1.09 bits per heavy atom. The fraction of sp³-hybridized carbons (Fsp3) is 0.619.